The van der Waals surface area contributed by atoms with Crippen molar-refractivity contribution < 1.29 is 23.9 Å². The van der Waals surface area contributed by atoms with Crippen LogP contribution in [0.1, 0.15) is 16.7 Å². The van der Waals surface area contributed by atoms with E-state index in [9.17, 15) is 14.4 Å². The third-order valence-electron chi connectivity index (χ3n) is 3.28. The Labute approximate surface area is 161 Å². The van der Waals surface area contributed by atoms with Crippen molar-refractivity contribution in [3.05, 3.63) is 46.2 Å². The lowest BCUT2D eigenvalue weighted by molar-refractivity contribution is -0.142. The normalized spacial score (nSPS) is 10.5. The number of nitrogens with one attached hydrogen (secondary N) is 2. The van der Waals surface area contributed by atoms with Crippen LogP contribution < -0.4 is 15.4 Å². The maximum atomic E-state index is 12.0. The van der Waals surface area contributed by atoms with Crippen LogP contribution in [0.3, 0.4) is 0 Å². The second kappa shape index (κ2) is 9.54. The molecule has 8 heteroatoms. The zero-order chi connectivity index (χ0) is 19.8. The highest BCUT2D eigenvalue weighted by Crippen LogP contribution is 2.27. The van der Waals surface area contributed by atoms with Gasteiger partial charge in [0.25, 0.3) is 5.91 Å². The van der Waals surface area contributed by atoms with E-state index in [4.69, 9.17) is 9.47 Å². The molecule has 0 bridgehead atoms. The van der Waals surface area contributed by atoms with Crippen molar-refractivity contribution in [2.45, 2.75) is 13.8 Å². The lowest BCUT2D eigenvalue weighted by Crippen LogP contribution is -2.20. The number of hydrogen-bond donors (Lipinski definition) is 2. The van der Waals surface area contributed by atoms with Crippen LogP contribution in [0.4, 0.5) is 11.4 Å². The minimum Gasteiger partial charge on any atom is -0.495 e. The molecule has 1 heterocycles. The summed E-state index contributed by atoms with van der Waals surface area (Å²) in [7, 11) is 1.46. The smallest absolute Gasteiger partial charge is 0.331 e. The molecule has 0 radical (unpaired) electrons. The molecule has 0 unspecified atom stereocenters. The molecule has 27 heavy (non-hydrogen) atoms. The van der Waals surface area contributed by atoms with E-state index >= 15 is 0 Å². The van der Waals surface area contributed by atoms with E-state index in [-0.39, 0.29) is 5.91 Å². The van der Waals surface area contributed by atoms with Gasteiger partial charge in [0, 0.05) is 28.4 Å². The Bertz CT molecular complexity index is 873. The van der Waals surface area contributed by atoms with Crippen LogP contribution in [-0.4, -0.2) is 31.5 Å². The van der Waals surface area contributed by atoms with Crippen LogP contribution in [0.25, 0.3) is 6.08 Å². The molecule has 2 N–H and O–H groups in total. The Kier molecular flexibility index (Phi) is 7.13. The van der Waals surface area contributed by atoms with Gasteiger partial charge in [0.1, 0.15) is 5.75 Å². The number of esters is 1. The summed E-state index contributed by atoms with van der Waals surface area (Å²) in [6.45, 7) is 2.91. The SMILES string of the molecule is COc1ccc(NC(C)=O)cc1NC(=O)COC(=O)/C=C/c1ccc(C)s1. The van der Waals surface area contributed by atoms with E-state index in [1.165, 1.54) is 20.1 Å². The Morgan fingerprint density at radius 2 is 1.93 bits per heavy atom. The van der Waals surface area contributed by atoms with Crippen molar-refractivity contribution in [1.82, 2.24) is 0 Å². The molecule has 1 aromatic carbocycles. The summed E-state index contributed by atoms with van der Waals surface area (Å²) in [5.41, 5.74) is 0.860. The quantitative estimate of drug-likeness (QED) is 0.561. The Morgan fingerprint density at radius 3 is 2.56 bits per heavy atom. The van der Waals surface area contributed by atoms with Crippen LogP contribution in [-0.2, 0) is 19.1 Å². The number of thiophene rings is 1. The maximum absolute atomic E-state index is 12.0. The first kappa shape index (κ1) is 20.2. The van der Waals surface area contributed by atoms with Crippen molar-refractivity contribution in [2.24, 2.45) is 0 Å². The number of anilines is 2. The lowest BCUT2D eigenvalue weighted by Gasteiger charge is -2.12. The van der Waals surface area contributed by atoms with E-state index < -0.39 is 18.5 Å². The van der Waals surface area contributed by atoms with Gasteiger partial charge in [-0.15, -0.1) is 11.3 Å². The molecule has 0 aliphatic carbocycles. The maximum Gasteiger partial charge on any atom is 0.331 e. The fraction of sp³-hybridized carbons (Fsp3) is 0.211. The lowest BCUT2D eigenvalue weighted by atomic mass is 10.2. The third kappa shape index (κ3) is 6.59. The van der Waals surface area contributed by atoms with Gasteiger partial charge in [0.05, 0.1) is 12.8 Å². The molecule has 0 aliphatic rings. The van der Waals surface area contributed by atoms with Gasteiger partial charge >= 0.3 is 5.97 Å². The molecule has 1 aromatic heterocycles. The zero-order valence-electron chi connectivity index (χ0n) is 15.2. The van der Waals surface area contributed by atoms with Crippen molar-refractivity contribution in [3.63, 3.8) is 0 Å². The zero-order valence-corrected chi connectivity index (χ0v) is 16.0. The molecule has 0 fully saturated rings. The van der Waals surface area contributed by atoms with E-state index in [2.05, 4.69) is 10.6 Å². The average molecular weight is 388 g/mol. The first-order valence-corrected chi connectivity index (χ1v) is 8.86. The number of aryl methyl sites for hydroxylation is 1. The van der Waals surface area contributed by atoms with Gasteiger partial charge in [-0.1, -0.05) is 0 Å². The van der Waals surface area contributed by atoms with Gasteiger partial charge in [-0.25, -0.2) is 4.79 Å². The fourth-order valence-electron chi connectivity index (χ4n) is 2.15. The molecule has 0 atom stereocenters. The van der Waals surface area contributed by atoms with Gasteiger partial charge in [0.15, 0.2) is 6.61 Å². The first-order chi connectivity index (χ1) is 12.9. The summed E-state index contributed by atoms with van der Waals surface area (Å²) in [5.74, 6) is -0.965. The molecule has 0 spiro atoms. The van der Waals surface area contributed by atoms with E-state index in [1.807, 2.05) is 19.1 Å². The number of carbonyl (C=O) groups excluding carboxylic acids is 3. The minimum atomic E-state index is -0.616. The Hall–Kier alpha value is -3.13. The average Bonchev–Trinajstić information content (AvgIpc) is 3.03. The number of amides is 2. The molecule has 2 amide bonds. The van der Waals surface area contributed by atoms with E-state index in [0.29, 0.717) is 17.1 Å². The highest BCUT2D eigenvalue weighted by Gasteiger charge is 2.11. The van der Waals surface area contributed by atoms with Crippen LogP contribution in [0, 0.1) is 6.92 Å². The predicted octanol–water partition coefficient (Wildman–Crippen LogP) is 3.22. The van der Waals surface area contributed by atoms with E-state index in [0.717, 1.165) is 9.75 Å². The number of methoxy groups -OCH3 is 1. The minimum absolute atomic E-state index is 0.237. The topological polar surface area (TPSA) is 93.7 Å². The Morgan fingerprint density at radius 1 is 1.15 bits per heavy atom. The molecule has 2 aromatic rings. The number of rotatable bonds is 7. The van der Waals surface area contributed by atoms with Crippen LogP contribution in [0.15, 0.2) is 36.4 Å². The van der Waals surface area contributed by atoms with Gasteiger partial charge in [-0.3, -0.25) is 9.59 Å². The fourth-order valence-corrected chi connectivity index (χ4v) is 2.93. The van der Waals surface area contributed by atoms with Crippen molar-refractivity contribution in [1.29, 1.82) is 0 Å². The van der Waals surface area contributed by atoms with Gasteiger partial charge in [0.2, 0.25) is 5.91 Å². The van der Waals surface area contributed by atoms with E-state index in [1.54, 1.807) is 35.6 Å². The first-order valence-electron chi connectivity index (χ1n) is 8.04. The summed E-state index contributed by atoms with van der Waals surface area (Å²) in [6, 6.07) is 8.65. The summed E-state index contributed by atoms with van der Waals surface area (Å²) in [5, 5.41) is 5.21. The monoisotopic (exact) mass is 388 g/mol. The molecule has 2 rings (SSSR count). The van der Waals surface area contributed by atoms with Crippen molar-refractivity contribution in [2.75, 3.05) is 24.4 Å². The molecular formula is C19H20N2O5S. The second-order valence-corrected chi connectivity index (χ2v) is 6.85. The summed E-state index contributed by atoms with van der Waals surface area (Å²) >= 11 is 1.55. The number of ether oxygens (including phenoxy) is 2. The van der Waals surface area contributed by atoms with Crippen LogP contribution >= 0.6 is 11.3 Å². The molecule has 0 aliphatic heterocycles. The highest BCUT2D eigenvalue weighted by molar-refractivity contribution is 7.12. The van der Waals surface area contributed by atoms with Gasteiger partial charge in [-0.05, 0) is 43.3 Å². The molecule has 0 saturated carbocycles. The number of benzene rings is 1. The number of carbonyl (C=O) groups is 3. The highest BCUT2D eigenvalue weighted by atomic mass is 32.1. The second-order valence-electron chi connectivity index (χ2n) is 5.53. The molecular weight excluding hydrogens is 368 g/mol. The predicted molar refractivity (Wildman–Crippen MR) is 105 cm³/mol. The third-order valence-corrected chi connectivity index (χ3v) is 4.25. The largest absolute Gasteiger partial charge is 0.495 e. The van der Waals surface area contributed by atoms with Gasteiger partial charge in [-0.2, -0.15) is 0 Å². The number of hydrogen-bond acceptors (Lipinski definition) is 6. The van der Waals surface area contributed by atoms with Crippen molar-refractivity contribution >= 4 is 46.6 Å². The van der Waals surface area contributed by atoms with Crippen LogP contribution in [0.2, 0.25) is 0 Å². The molecule has 7 nitrogen and oxygen atoms in total. The summed E-state index contributed by atoms with van der Waals surface area (Å²) in [6.07, 6.45) is 2.91. The summed E-state index contributed by atoms with van der Waals surface area (Å²) in [4.78, 5) is 37.0. The molecule has 0 saturated heterocycles. The molecule has 142 valence electrons. The Balaban J connectivity index is 1.91. The van der Waals surface area contributed by atoms with Crippen LogP contribution in [0.5, 0.6) is 5.75 Å². The van der Waals surface area contributed by atoms with Gasteiger partial charge < -0.3 is 20.1 Å². The standard InChI is InChI=1S/C19H20N2O5S/c1-12-4-6-15(27-12)7-9-19(24)26-11-18(23)21-16-10-14(20-13(2)22)5-8-17(16)25-3/h4-10H,11H2,1-3H3,(H,20,22)(H,21,23)/b9-7+. The van der Waals surface area contributed by atoms with Crippen molar-refractivity contribution in [3.8, 4) is 5.75 Å². The summed E-state index contributed by atoms with van der Waals surface area (Å²) < 4.78 is 10.1.